The van der Waals surface area contributed by atoms with Crippen molar-refractivity contribution < 1.29 is 136 Å². The average molecular weight is 1780 g/mol. The lowest BCUT2D eigenvalue weighted by Gasteiger charge is -2.30. The molecule has 3 aromatic carbocycles. The number of nitrogens with two attached hydrogens (primary N) is 3. The number of ether oxygens (including phenoxy) is 1. The molecular weight excluding hydrogens is 1670 g/mol. The second kappa shape index (κ2) is 51.8. The van der Waals surface area contributed by atoms with Crippen LogP contribution < -0.4 is 91.6 Å². The molecule has 0 saturated carbocycles. The predicted octanol–water partition coefficient (Wildman–Crippen LogP) is -5.19. The van der Waals surface area contributed by atoms with Crippen molar-refractivity contribution in [3.8, 4) is 5.75 Å². The van der Waals surface area contributed by atoms with Crippen LogP contribution in [-0.2, 0) is 113 Å². The summed E-state index contributed by atoms with van der Waals surface area (Å²) in [4.78, 5) is 293. The quantitative estimate of drug-likeness (QED) is 0.00859. The van der Waals surface area contributed by atoms with E-state index in [4.69, 9.17) is 21.9 Å². The van der Waals surface area contributed by atoms with E-state index in [1.807, 2.05) is 16.0 Å². The van der Waals surface area contributed by atoms with E-state index < -0.39 is 273 Å². The number of amides is 15. The van der Waals surface area contributed by atoms with Crippen LogP contribution in [0.5, 0.6) is 5.75 Å². The van der Waals surface area contributed by atoms with E-state index in [1.54, 1.807) is 30.5 Å². The number of aliphatic hydroxyl groups excluding tert-OH is 1. The summed E-state index contributed by atoms with van der Waals surface area (Å²) in [6.45, 7) is 0.756. The summed E-state index contributed by atoms with van der Waals surface area (Å²) < 4.78 is 5.72. The highest BCUT2D eigenvalue weighted by Crippen LogP contribution is 2.22. The van der Waals surface area contributed by atoms with Crippen LogP contribution in [0, 0.1) is 5.92 Å². The van der Waals surface area contributed by atoms with Crippen molar-refractivity contribution in [2.45, 2.75) is 222 Å². The van der Waals surface area contributed by atoms with Gasteiger partial charge in [0.25, 0.3) is 0 Å². The number of aliphatic carboxylic acids is 4. The molecule has 46 nitrogen and oxygen atoms in total. The van der Waals surface area contributed by atoms with Crippen LogP contribution in [0.4, 0.5) is 5.69 Å². The van der Waals surface area contributed by atoms with Gasteiger partial charge in [0.1, 0.15) is 78.3 Å². The van der Waals surface area contributed by atoms with Gasteiger partial charge in [-0.1, -0.05) is 94.8 Å². The average Bonchev–Trinajstić information content (AvgIpc) is 1.74. The monoisotopic (exact) mass is 1780 g/mol. The van der Waals surface area contributed by atoms with Gasteiger partial charge in [-0.25, -0.2) is 4.79 Å². The number of nitrogen functional groups attached to an aromatic ring is 1. The van der Waals surface area contributed by atoms with Crippen molar-refractivity contribution in [1.82, 2.24) is 79.4 Å². The molecule has 14 atom stereocenters. The zero-order valence-electron chi connectivity index (χ0n) is 70.0. The molecule has 5 rings (SSSR count). The van der Waals surface area contributed by atoms with Crippen molar-refractivity contribution in [3.63, 3.8) is 0 Å². The number of hydrogen-bond acceptors (Lipinski definition) is 26. The van der Waals surface area contributed by atoms with Crippen molar-refractivity contribution >= 4 is 141 Å². The minimum Gasteiger partial charge on any atom is -0.508 e. The smallest absolute Gasteiger partial charge is 0.329 e. The molecule has 1 fully saturated rings. The van der Waals surface area contributed by atoms with E-state index in [-0.39, 0.29) is 49.2 Å². The summed E-state index contributed by atoms with van der Waals surface area (Å²) in [6, 6.07) is -6.80. The number of primary amides is 1. The maximum Gasteiger partial charge on any atom is 0.329 e. The van der Waals surface area contributed by atoms with Crippen LogP contribution in [-0.4, -0.2) is 265 Å². The first-order valence-electron chi connectivity index (χ1n) is 40.7. The highest BCUT2D eigenvalue weighted by Gasteiger charge is 2.41. The lowest BCUT2D eigenvalue weighted by Crippen LogP contribution is -2.62. The number of unbranched alkanes of at least 4 members (excludes halogenated alkanes) is 6. The van der Waals surface area contributed by atoms with Crippen LogP contribution in [0.2, 0.25) is 0 Å². The Morgan fingerprint density at radius 3 is 1.70 bits per heavy atom. The Hall–Kier alpha value is -14.2. The number of nitrogens with one attached hydrogen (secondary N) is 15. The number of ketones is 1. The number of benzene rings is 3. The van der Waals surface area contributed by atoms with Gasteiger partial charge >= 0.3 is 29.8 Å². The van der Waals surface area contributed by atoms with Gasteiger partial charge in [0.2, 0.25) is 88.6 Å². The minimum atomic E-state index is -2.51. The van der Waals surface area contributed by atoms with Gasteiger partial charge in [-0.05, 0) is 86.9 Å². The van der Waals surface area contributed by atoms with Gasteiger partial charge in [0.15, 0.2) is 5.78 Å². The molecule has 1 aliphatic heterocycles. The molecule has 14 unspecified atom stereocenters. The van der Waals surface area contributed by atoms with Gasteiger partial charge in [-0.3, -0.25) is 95.9 Å². The number of Topliss-reactive ketones (excluding diaryl/α,β-unsaturated/α-hetero) is 1. The molecule has 27 N–H and O–H groups in total. The molecule has 0 radical (unpaired) electrons. The molecule has 0 spiro atoms. The van der Waals surface area contributed by atoms with Crippen molar-refractivity contribution in [1.29, 1.82) is 0 Å². The fourth-order valence-corrected chi connectivity index (χ4v) is 13.0. The number of aromatic nitrogens is 1. The second-order valence-corrected chi connectivity index (χ2v) is 30.2. The topological polar surface area (TPSA) is 751 Å². The summed E-state index contributed by atoms with van der Waals surface area (Å²) in [5.74, 6) is -31.3. The molecule has 1 aromatic heterocycles. The fourth-order valence-electron chi connectivity index (χ4n) is 13.0. The van der Waals surface area contributed by atoms with Gasteiger partial charge in [0, 0.05) is 54.2 Å². The number of anilines is 1. The third kappa shape index (κ3) is 35.5. The van der Waals surface area contributed by atoms with Crippen molar-refractivity contribution in [2.24, 2.45) is 17.4 Å². The third-order valence-electron chi connectivity index (χ3n) is 19.9. The molecule has 0 bridgehead atoms. The number of aliphatic hydroxyl groups is 1. The van der Waals surface area contributed by atoms with Crippen LogP contribution in [0.25, 0.3) is 10.9 Å². The summed E-state index contributed by atoms with van der Waals surface area (Å²) in [5, 5.41) is 91.4. The summed E-state index contributed by atoms with van der Waals surface area (Å²) in [7, 11) is 0. The molecular formula is C81H110N18O28. The summed E-state index contributed by atoms with van der Waals surface area (Å²) >= 11 is 0. The first kappa shape index (κ1) is 103. The van der Waals surface area contributed by atoms with E-state index in [0.29, 0.717) is 34.9 Å². The fraction of sp³-hybridized carbons (Fsp3) is 0.494. The summed E-state index contributed by atoms with van der Waals surface area (Å²) in [5.41, 5.74) is 19.0. The van der Waals surface area contributed by atoms with Crippen LogP contribution in [0.3, 0.4) is 0 Å². The Labute approximate surface area is 726 Å². The maximum absolute atomic E-state index is 15.0. The molecule has 0 aliphatic carbocycles. The molecule has 692 valence electrons. The van der Waals surface area contributed by atoms with E-state index in [2.05, 4.69) is 70.4 Å². The predicted molar refractivity (Wildman–Crippen MR) is 444 cm³/mol. The first-order chi connectivity index (χ1) is 60.1. The number of H-pyrrole nitrogens is 1. The zero-order chi connectivity index (χ0) is 94.3. The number of cyclic esters (lactones) is 1. The number of aromatic hydroxyl groups is 1. The molecule has 46 heteroatoms. The zero-order valence-corrected chi connectivity index (χ0v) is 70.0. The standard InChI is InChI=1S/C81H110N18O28/c1-5-6-7-8-9-10-11-22-61(104)91-52(30-44-36-86-50-20-15-13-17-46(44)50)75(120)94-53(32-60(84)103)76(121)96-56(35-67(113)114)77(122)99-69-42(4)127-81(126)57(31-59(102)47-18-12-14-19-48(47)82)97-80(125)68(40(2)28-64(107)108)98-78(123)58(39-100)92-63(106)37-87-72(117)54(33-65(109)110)93-70(115)41(3)89-74(119)55(34-66(111)112)95-73(118)51(90-62(105)38-88-79(69)124)21-16-27-85-71(116)49(83)29-43-23-25-45(101)26-24-43/h12-15,17-20,23-26,36,40-42,49,51-58,68-69,86,100-101H,5-11,16,21-22,27-35,37-39,82-83H2,1-4H3,(H2,84,103)(H,85,116)(H,87,117)(H,88,124)(H,89,119)(H,90,105)(H,91,104)(H,92,106)(H,93,115)(H,94,120)(H,95,118)(H,96,121)(H,97,125)(H,98,123)(H,99,122)(H,107,108)(H,109,110)(H,111,112)(H,113,114). The SMILES string of the molecule is CCCCCCCCCC(=O)NC(Cc1c[nH]c2ccccc12)C(=O)NC(CC(N)=O)C(=O)NC(CC(=O)O)C(=O)NC1C(=O)NCC(=O)NC(CCCNC(=O)C(N)Cc2ccc(O)cc2)C(=O)NC(CC(=O)O)C(=O)NC(C)C(=O)NC(CC(=O)O)C(=O)NCC(=O)NC(CO)C(=O)NC(C(C)CC(=O)O)C(=O)NC(CC(=O)c2ccccc2N)C(=O)OC1C. The number of phenolic OH excluding ortho intramolecular Hbond substituents is 1. The largest absolute Gasteiger partial charge is 0.508 e. The first-order valence-corrected chi connectivity index (χ1v) is 40.7. The number of aromatic amines is 1. The van der Waals surface area contributed by atoms with Gasteiger partial charge < -0.3 is 132 Å². The van der Waals surface area contributed by atoms with E-state index in [9.17, 15) is 131 Å². The normalized spacial score (nSPS) is 20.5. The molecule has 1 saturated heterocycles. The highest BCUT2D eigenvalue weighted by atomic mass is 16.5. The number of phenols is 1. The van der Waals surface area contributed by atoms with Gasteiger partial charge in [0.05, 0.1) is 57.8 Å². The Morgan fingerprint density at radius 2 is 1.09 bits per heavy atom. The molecule has 127 heavy (non-hydrogen) atoms. The second-order valence-electron chi connectivity index (χ2n) is 30.2. The molecule has 1 aliphatic rings. The molecule has 2 heterocycles. The van der Waals surface area contributed by atoms with Crippen LogP contribution >= 0.6 is 0 Å². The van der Waals surface area contributed by atoms with Gasteiger partial charge in [-0.2, -0.15) is 0 Å². The van der Waals surface area contributed by atoms with Crippen LogP contribution in [0.15, 0.2) is 79.0 Å². The van der Waals surface area contributed by atoms with Crippen LogP contribution in [0.1, 0.15) is 152 Å². The Bertz CT molecular complexity index is 4640. The number of carboxylic acids is 4. The Morgan fingerprint density at radius 1 is 0.535 bits per heavy atom. The lowest BCUT2D eigenvalue weighted by molar-refractivity contribution is -0.156. The molecule has 4 aromatic rings. The van der Waals surface area contributed by atoms with Crippen molar-refractivity contribution in [3.05, 3.63) is 95.7 Å². The van der Waals surface area contributed by atoms with Crippen molar-refractivity contribution in [2.75, 3.05) is 32.0 Å². The number of carbonyl (C=O) groups excluding carboxylic acids is 17. The number of esters is 1. The number of hydrogen-bond donors (Lipinski definition) is 24. The summed E-state index contributed by atoms with van der Waals surface area (Å²) in [6.07, 6.45) is -3.16. The molecule has 15 amide bonds. The number of carboxylic acid groups (broad SMARTS) is 4. The van der Waals surface area contributed by atoms with E-state index >= 15 is 0 Å². The van der Waals surface area contributed by atoms with Gasteiger partial charge in [-0.15, -0.1) is 0 Å². The Balaban J connectivity index is 1.63. The number of rotatable bonds is 39. The third-order valence-corrected chi connectivity index (χ3v) is 19.9. The number of fused-ring (bicyclic) bond motifs is 1. The maximum atomic E-state index is 15.0. The van der Waals surface area contributed by atoms with E-state index in [1.165, 1.54) is 48.5 Å². The lowest BCUT2D eigenvalue weighted by atomic mass is 9.96. The number of para-hydroxylation sites is 2. The highest BCUT2D eigenvalue weighted by molar-refractivity contribution is 6.05. The number of carbonyl (C=O) groups is 21. The Kier molecular flexibility index (Phi) is 42.1. The van der Waals surface area contributed by atoms with E-state index in [0.717, 1.165) is 52.9 Å². The minimum absolute atomic E-state index is 0.0358.